The molecule has 94 valence electrons. The Balaban J connectivity index is 4.30. The van der Waals surface area contributed by atoms with Gasteiger partial charge in [-0.05, 0) is 20.3 Å². The highest BCUT2D eigenvalue weighted by molar-refractivity contribution is 8.28. The van der Waals surface area contributed by atoms with Crippen LogP contribution in [0.5, 0.6) is 0 Å². The van der Waals surface area contributed by atoms with Crippen LogP contribution in [0.3, 0.4) is 0 Å². The second kappa shape index (κ2) is 6.08. The molecule has 6 heteroatoms. The summed E-state index contributed by atoms with van der Waals surface area (Å²) in [5.41, 5.74) is 0. The molecule has 0 aromatic heterocycles. The lowest BCUT2D eigenvalue weighted by atomic mass is 10.4. The van der Waals surface area contributed by atoms with Crippen molar-refractivity contribution >= 4 is 20.7 Å². The zero-order chi connectivity index (χ0) is 12.1. The predicted molar refractivity (Wildman–Crippen MR) is 65.4 cm³/mol. The molecule has 0 aliphatic rings. The fourth-order valence-electron chi connectivity index (χ4n) is 1.08. The quantitative estimate of drug-likeness (QED) is 0.704. The Morgan fingerprint density at radius 3 is 2.13 bits per heavy atom. The molecule has 0 unspecified atom stereocenters. The summed E-state index contributed by atoms with van der Waals surface area (Å²) in [6.07, 6.45) is 4.81. The van der Waals surface area contributed by atoms with E-state index in [9.17, 15) is 8.42 Å². The predicted octanol–water partition coefficient (Wildman–Crippen LogP) is 2.45. The summed E-state index contributed by atoms with van der Waals surface area (Å²) in [6, 6.07) is 0. The molecule has 0 saturated heterocycles. The van der Waals surface area contributed by atoms with Crippen molar-refractivity contribution in [2.45, 2.75) is 39.7 Å². The summed E-state index contributed by atoms with van der Waals surface area (Å²) in [6.45, 7) is 5.66. The number of rotatable bonds is 7. The highest BCUT2D eigenvalue weighted by Crippen LogP contribution is 2.45. The van der Waals surface area contributed by atoms with Crippen LogP contribution in [0.4, 0.5) is 0 Å². The van der Waals surface area contributed by atoms with E-state index in [-0.39, 0.29) is 11.9 Å². The summed E-state index contributed by atoms with van der Waals surface area (Å²) in [4.78, 5) is 0. The molecule has 0 heterocycles. The second-order valence-electron chi connectivity index (χ2n) is 3.97. The maximum Gasteiger partial charge on any atom is 0.285 e. The van der Waals surface area contributed by atoms with Crippen molar-refractivity contribution < 1.29 is 16.2 Å². The van der Waals surface area contributed by atoms with Crippen LogP contribution in [-0.2, 0) is 17.9 Å². The van der Waals surface area contributed by atoms with Crippen molar-refractivity contribution in [3.05, 3.63) is 0 Å². The lowest BCUT2D eigenvalue weighted by molar-refractivity contribution is 0.254. The van der Waals surface area contributed by atoms with Gasteiger partial charge in [-0.15, -0.1) is 0 Å². The average molecular weight is 258 g/mol. The first-order valence-electron chi connectivity index (χ1n) is 5.04. The summed E-state index contributed by atoms with van der Waals surface area (Å²) in [5.74, 6) is 0.0708. The number of hydrogen-bond acceptors (Lipinski definition) is 4. The first kappa shape index (κ1) is 15.2. The first-order valence-corrected chi connectivity index (χ1v) is 8.91. The van der Waals surface area contributed by atoms with Gasteiger partial charge in [0.2, 0.25) is 0 Å². The van der Waals surface area contributed by atoms with Crippen LogP contribution >= 0.6 is 10.6 Å². The lowest BCUT2D eigenvalue weighted by Crippen LogP contribution is -2.17. The molecule has 0 aliphatic heterocycles. The molecule has 0 aliphatic carbocycles. The molecule has 0 saturated carbocycles. The molecular weight excluding hydrogens is 236 g/mol. The van der Waals surface area contributed by atoms with E-state index in [1.807, 2.05) is 20.8 Å². The van der Waals surface area contributed by atoms with Crippen molar-refractivity contribution in [3.63, 3.8) is 0 Å². The molecule has 0 amide bonds. The van der Waals surface area contributed by atoms with E-state index in [4.69, 9.17) is 7.81 Å². The van der Waals surface area contributed by atoms with E-state index in [2.05, 4.69) is 0 Å². The van der Waals surface area contributed by atoms with Gasteiger partial charge in [-0.2, -0.15) is 22.6 Å². The average Bonchev–Trinajstić information content (AvgIpc) is 1.95. The van der Waals surface area contributed by atoms with Crippen LogP contribution in [0.25, 0.3) is 0 Å². The highest BCUT2D eigenvalue weighted by Gasteiger charge is 2.21. The molecule has 4 nitrogen and oxygen atoms in total. The molecule has 0 bridgehead atoms. The van der Waals surface area contributed by atoms with Crippen LogP contribution in [0.2, 0.25) is 0 Å². The summed E-state index contributed by atoms with van der Waals surface area (Å²) in [7, 11) is -5.39. The summed E-state index contributed by atoms with van der Waals surface area (Å²) < 4.78 is 33.5. The molecule has 0 spiro atoms. The molecule has 0 rings (SSSR count). The van der Waals surface area contributed by atoms with Crippen LogP contribution < -0.4 is 0 Å². The van der Waals surface area contributed by atoms with Crippen molar-refractivity contribution in [3.8, 4) is 0 Å². The fourth-order valence-corrected chi connectivity index (χ4v) is 5.05. The van der Waals surface area contributed by atoms with E-state index < -0.39 is 20.7 Å². The van der Waals surface area contributed by atoms with Gasteiger partial charge in [0.05, 0.1) is 11.9 Å². The lowest BCUT2D eigenvalue weighted by Gasteiger charge is -2.35. The smallest absolute Gasteiger partial charge is 0.281 e. The Hall–Kier alpha value is 0.220. The van der Waals surface area contributed by atoms with Crippen LogP contribution in [0.1, 0.15) is 33.6 Å². The molecule has 0 aromatic carbocycles. The minimum atomic E-state index is -3.43. The second-order valence-corrected chi connectivity index (χ2v) is 8.52. The first-order chi connectivity index (χ1) is 6.68. The van der Waals surface area contributed by atoms with Gasteiger partial charge in [-0.3, -0.25) is 4.18 Å². The largest absolute Gasteiger partial charge is 0.285 e. The van der Waals surface area contributed by atoms with E-state index in [1.54, 1.807) is 12.5 Å². The van der Waals surface area contributed by atoms with Gasteiger partial charge in [-0.1, -0.05) is 13.3 Å². The Morgan fingerprint density at radius 1 is 1.20 bits per heavy atom. The van der Waals surface area contributed by atoms with E-state index in [0.29, 0.717) is 6.42 Å². The van der Waals surface area contributed by atoms with Gasteiger partial charge in [0.25, 0.3) is 10.1 Å². The Morgan fingerprint density at radius 2 is 1.73 bits per heavy atom. The van der Waals surface area contributed by atoms with Crippen molar-refractivity contribution in [1.82, 2.24) is 0 Å². The molecular formula is C9H22O4S2. The van der Waals surface area contributed by atoms with Gasteiger partial charge in [0.1, 0.15) is 0 Å². The minimum Gasteiger partial charge on any atom is -0.281 e. The van der Waals surface area contributed by atoms with Gasteiger partial charge in [0.15, 0.2) is 0 Å². The minimum absolute atomic E-state index is 0.0311. The van der Waals surface area contributed by atoms with Crippen molar-refractivity contribution in [1.29, 1.82) is 0 Å². The Kier molecular flexibility index (Phi) is 6.17. The normalized spacial score (nSPS) is 14.5. The van der Waals surface area contributed by atoms with E-state index in [0.717, 1.165) is 6.42 Å². The van der Waals surface area contributed by atoms with Gasteiger partial charge in [-0.25, -0.2) is 0 Å². The maximum atomic E-state index is 11.5. The van der Waals surface area contributed by atoms with Crippen LogP contribution in [0.15, 0.2) is 0 Å². The van der Waals surface area contributed by atoms with Gasteiger partial charge >= 0.3 is 0 Å². The molecule has 15 heavy (non-hydrogen) atoms. The third-order valence-electron chi connectivity index (χ3n) is 1.44. The zero-order valence-electron chi connectivity index (χ0n) is 10.1. The molecule has 0 atom stereocenters. The Bertz CT molecular complexity index is 270. The molecule has 0 N–H and O–H groups in total. The van der Waals surface area contributed by atoms with Crippen molar-refractivity contribution in [2.24, 2.45) is 0 Å². The number of unbranched alkanes of at least 4 members (excludes halogenated alkanes) is 1. The molecule has 0 aromatic rings. The van der Waals surface area contributed by atoms with Gasteiger partial charge < -0.3 is 0 Å². The fraction of sp³-hybridized carbons (Fsp3) is 1.00. The molecule has 0 radical (unpaired) electrons. The maximum absolute atomic E-state index is 11.5. The Labute approximate surface area is 95.2 Å². The topological polar surface area (TPSA) is 52.6 Å². The van der Waals surface area contributed by atoms with Crippen LogP contribution in [0, 0.1) is 0 Å². The zero-order valence-corrected chi connectivity index (χ0v) is 11.8. The highest BCUT2D eigenvalue weighted by atomic mass is 32.3. The van der Waals surface area contributed by atoms with E-state index >= 15 is 0 Å². The third-order valence-corrected chi connectivity index (χ3v) is 5.22. The SMILES string of the molecule is CCCCS(=O)(=O)OS(C)(C)OC(C)C. The summed E-state index contributed by atoms with van der Waals surface area (Å²) >= 11 is 0. The number of hydrogen-bond donors (Lipinski definition) is 0. The van der Waals surface area contributed by atoms with Crippen molar-refractivity contribution in [2.75, 3.05) is 18.3 Å². The monoisotopic (exact) mass is 258 g/mol. The third kappa shape index (κ3) is 8.07. The van der Waals surface area contributed by atoms with Crippen LogP contribution in [-0.4, -0.2) is 32.8 Å². The standard InChI is InChI=1S/C9H22O4S2/c1-6-7-8-15(10,11)13-14(4,5)12-9(2)3/h9H,6-8H2,1-5H3. The van der Waals surface area contributed by atoms with E-state index in [1.165, 1.54) is 0 Å². The van der Waals surface area contributed by atoms with Gasteiger partial charge in [0, 0.05) is 12.5 Å². The molecule has 0 fully saturated rings. The summed E-state index contributed by atoms with van der Waals surface area (Å²) in [5, 5.41) is 0.